The summed E-state index contributed by atoms with van der Waals surface area (Å²) in [7, 11) is 0. The Bertz CT molecular complexity index is 585. The molecule has 0 saturated heterocycles. The second-order valence-electron chi connectivity index (χ2n) is 4.19. The molecule has 0 unspecified atom stereocenters. The van der Waals surface area contributed by atoms with Crippen LogP contribution >= 0.6 is 0 Å². The van der Waals surface area contributed by atoms with Gasteiger partial charge in [-0.05, 0) is 18.2 Å². The van der Waals surface area contributed by atoms with E-state index in [0.717, 1.165) is 18.4 Å². The van der Waals surface area contributed by atoms with Gasteiger partial charge in [0.1, 0.15) is 0 Å². The zero-order chi connectivity index (χ0) is 14.0. The first-order valence-electron chi connectivity index (χ1n) is 6.47. The van der Waals surface area contributed by atoms with Gasteiger partial charge in [-0.3, -0.25) is 21.9 Å². The predicted octanol–water partition coefficient (Wildman–Crippen LogP) is 3.81. The molecule has 0 bridgehead atoms. The largest absolute Gasteiger partial charge is 2.00 e. The quantitative estimate of drug-likeness (QED) is 0.367. The fourth-order valence-electron chi connectivity index (χ4n) is 1.65. The molecule has 1 aromatic rings. The van der Waals surface area contributed by atoms with Crippen molar-refractivity contribution in [2.75, 3.05) is 0 Å². The van der Waals surface area contributed by atoms with Crippen LogP contribution in [0.4, 0.5) is 0 Å². The van der Waals surface area contributed by atoms with Crippen molar-refractivity contribution < 1.29 is 21.9 Å². The summed E-state index contributed by atoms with van der Waals surface area (Å²) in [5, 5.41) is 0. The Kier molecular flexibility index (Phi) is 8.03. The van der Waals surface area contributed by atoms with Crippen LogP contribution in [-0.4, -0.2) is 10.8 Å². The van der Waals surface area contributed by atoms with Gasteiger partial charge in [0.15, 0.2) is 5.78 Å². The topological polar surface area (TPSA) is 30.0 Å². The number of hydrogen-bond acceptors (Lipinski definition) is 2. The molecule has 2 nitrogen and oxygen atoms in total. The first-order valence-corrected chi connectivity index (χ1v) is 6.47. The van der Waals surface area contributed by atoms with Gasteiger partial charge in [-0.15, -0.1) is 18.9 Å². The molecule has 2 aliphatic carbocycles. The molecule has 21 heavy (non-hydrogen) atoms. The van der Waals surface area contributed by atoms with Gasteiger partial charge in [0, 0.05) is 18.0 Å². The van der Waals surface area contributed by atoms with Crippen LogP contribution in [0, 0.1) is 12.2 Å². The Morgan fingerprint density at radius 2 is 2.00 bits per heavy atom. The van der Waals surface area contributed by atoms with Crippen molar-refractivity contribution in [3.63, 3.8) is 0 Å². The second kappa shape index (κ2) is 9.87. The predicted molar refractivity (Wildman–Crippen MR) is 79.8 cm³/mol. The summed E-state index contributed by atoms with van der Waals surface area (Å²) in [5.74, 6) is -0.00130. The van der Waals surface area contributed by atoms with E-state index in [4.69, 9.17) is 0 Å². The van der Waals surface area contributed by atoms with E-state index in [-0.39, 0.29) is 22.9 Å². The number of nitrogens with zero attached hydrogens (tertiary/aromatic N) is 1. The summed E-state index contributed by atoms with van der Waals surface area (Å²) >= 11 is 0. The second-order valence-corrected chi connectivity index (χ2v) is 4.19. The van der Waals surface area contributed by atoms with Crippen molar-refractivity contribution >= 4 is 5.78 Å². The van der Waals surface area contributed by atoms with Gasteiger partial charge in [-0.1, -0.05) is 0 Å². The minimum Gasteiger partial charge on any atom is -0.289 e. The van der Waals surface area contributed by atoms with Gasteiger partial charge < -0.3 is 0 Å². The normalized spacial score (nSPS) is 14.6. The van der Waals surface area contributed by atoms with E-state index < -0.39 is 0 Å². The molecule has 1 aromatic heterocycles. The number of allylic oxidation sites excluding steroid dienone is 10. The Hall–Kier alpha value is -1.96. The van der Waals surface area contributed by atoms with Gasteiger partial charge >= 0.3 is 17.1 Å². The molecule has 0 spiro atoms. The van der Waals surface area contributed by atoms with Crippen LogP contribution in [0.25, 0.3) is 0 Å². The average Bonchev–Trinajstić information content (AvgIpc) is 3.21. The van der Waals surface area contributed by atoms with Crippen molar-refractivity contribution in [1.82, 2.24) is 4.98 Å². The van der Waals surface area contributed by atoms with Crippen LogP contribution in [0.1, 0.15) is 23.2 Å². The average molecular weight is 317 g/mol. The summed E-state index contributed by atoms with van der Waals surface area (Å²) in [6, 6.07) is 3.41. The Morgan fingerprint density at radius 1 is 1.19 bits per heavy atom. The van der Waals surface area contributed by atoms with Gasteiger partial charge in [0.25, 0.3) is 0 Å². The molecule has 1 heterocycles. The third-order valence-electron chi connectivity index (χ3n) is 2.70. The summed E-state index contributed by atoms with van der Waals surface area (Å²) in [6.45, 7) is 0. The molecule has 0 amide bonds. The van der Waals surface area contributed by atoms with Crippen molar-refractivity contribution in [1.29, 1.82) is 0 Å². The zero-order valence-electron chi connectivity index (χ0n) is 11.5. The molecule has 3 heteroatoms. The van der Waals surface area contributed by atoms with E-state index in [1.807, 2.05) is 30.4 Å². The number of carbonyl (C=O) groups is 1. The minimum atomic E-state index is -0.00130. The molecular weight excluding hydrogens is 302 g/mol. The molecule has 106 valence electrons. The van der Waals surface area contributed by atoms with Crippen molar-refractivity contribution in [2.24, 2.45) is 0 Å². The molecule has 0 aromatic carbocycles. The number of rotatable bonds is 3. The van der Waals surface area contributed by atoms with E-state index in [9.17, 15) is 4.79 Å². The van der Waals surface area contributed by atoms with Crippen molar-refractivity contribution in [2.45, 2.75) is 12.8 Å². The molecule has 0 atom stereocenters. The third-order valence-corrected chi connectivity index (χ3v) is 2.70. The summed E-state index contributed by atoms with van der Waals surface area (Å²) in [6.07, 6.45) is 24.4. The zero-order valence-corrected chi connectivity index (χ0v) is 12.6. The number of ketones is 1. The van der Waals surface area contributed by atoms with E-state index in [0.29, 0.717) is 5.56 Å². The summed E-state index contributed by atoms with van der Waals surface area (Å²) in [4.78, 5) is 15.5. The SMILES string of the molecule is O=C(/C=C/C1=CC[C-]=C1)c1ccncc1.[C-]1=CC=CC1.[Fe+2]. The Morgan fingerprint density at radius 3 is 2.52 bits per heavy atom. The molecule has 0 fully saturated rings. The first-order chi connectivity index (χ1) is 9.86. The smallest absolute Gasteiger partial charge is 0.289 e. The number of carbonyl (C=O) groups excluding carboxylic acids is 1. The van der Waals surface area contributed by atoms with Gasteiger partial charge in [0.2, 0.25) is 0 Å². The van der Waals surface area contributed by atoms with Crippen LogP contribution in [0.2, 0.25) is 0 Å². The molecule has 2 aliphatic rings. The molecule has 0 aliphatic heterocycles. The van der Waals surface area contributed by atoms with E-state index in [2.05, 4.69) is 23.2 Å². The molecule has 3 rings (SSSR count). The Balaban J connectivity index is 0.000000313. The monoisotopic (exact) mass is 317 g/mol. The summed E-state index contributed by atoms with van der Waals surface area (Å²) < 4.78 is 0. The van der Waals surface area contributed by atoms with E-state index >= 15 is 0 Å². The molecule has 0 radical (unpaired) electrons. The fraction of sp³-hybridized carbons (Fsp3) is 0.111. The fourth-order valence-corrected chi connectivity index (χ4v) is 1.65. The van der Waals surface area contributed by atoms with Crippen LogP contribution in [-0.2, 0) is 17.1 Å². The van der Waals surface area contributed by atoms with Crippen molar-refractivity contribution in [3.05, 3.63) is 90.3 Å². The van der Waals surface area contributed by atoms with Crippen LogP contribution in [0.5, 0.6) is 0 Å². The summed E-state index contributed by atoms with van der Waals surface area (Å²) in [5.41, 5.74) is 1.70. The number of pyridine rings is 1. The van der Waals surface area contributed by atoms with E-state index in [1.54, 1.807) is 30.6 Å². The molecule has 0 N–H and O–H groups in total. The maximum Gasteiger partial charge on any atom is 2.00 e. The maximum atomic E-state index is 11.6. The van der Waals surface area contributed by atoms with Crippen LogP contribution in [0.15, 0.2) is 72.6 Å². The van der Waals surface area contributed by atoms with Crippen LogP contribution < -0.4 is 0 Å². The standard InChI is InChI=1S/C13H10NO.C5H5.Fe/c15-13(12-7-9-14-10-8-12)6-5-11-3-1-2-4-11;1-2-4-5-3-1;/h3-10H,1H2;1-3H,4H2;/q2*-1;+2/b6-5+;;. The minimum absolute atomic E-state index is 0. The number of aromatic nitrogens is 1. The van der Waals surface area contributed by atoms with Gasteiger partial charge in [-0.25, -0.2) is 18.2 Å². The van der Waals surface area contributed by atoms with Gasteiger partial charge in [-0.2, -0.15) is 17.7 Å². The maximum absolute atomic E-state index is 11.6. The van der Waals surface area contributed by atoms with Gasteiger partial charge in [0.05, 0.1) is 0 Å². The molecular formula is C18H15FeNO. The van der Waals surface area contributed by atoms with E-state index in [1.165, 1.54) is 0 Å². The number of hydrogen-bond donors (Lipinski definition) is 0. The Labute approximate surface area is 136 Å². The third kappa shape index (κ3) is 6.35. The first kappa shape index (κ1) is 17.1. The van der Waals surface area contributed by atoms with Crippen LogP contribution in [0.3, 0.4) is 0 Å². The molecule has 0 saturated carbocycles. The van der Waals surface area contributed by atoms with Crippen molar-refractivity contribution in [3.8, 4) is 0 Å².